The summed E-state index contributed by atoms with van der Waals surface area (Å²) < 4.78 is 3.27. The van der Waals surface area contributed by atoms with Crippen LogP contribution in [0, 0.1) is 0 Å². The van der Waals surface area contributed by atoms with Gasteiger partial charge in [-0.25, -0.2) is 0 Å². The number of hydrogen-bond acceptors (Lipinski definition) is 0. The summed E-state index contributed by atoms with van der Waals surface area (Å²) in [6.07, 6.45) is 17.6. The summed E-state index contributed by atoms with van der Waals surface area (Å²) in [5.74, 6) is 0. The first kappa shape index (κ1) is 18.5. The third-order valence-corrected chi connectivity index (χ3v) is 6.58. The summed E-state index contributed by atoms with van der Waals surface area (Å²) in [6, 6.07) is 11.1. The number of hydrogen-bond donors (Lipinski definition) is 0. The van der Waals surface area contributed by atoms with Crippen LogP contribution < -0.4 is 3.61 Å². The van der Waals surface area contributed by atoms with Crippen molar-refractivity contribution in [1.29, 1.82) is 0 Å². The van der Waals surface area contributed by atoms with Crippen LogP contribution in [0.3, 0.4) is 0 Å². The second-order valence-corrected chi connectivity index (χ2v) is 8.85. The molecule has 0 N–H and O–H groups in total. The molecule has 21 heavy (non-hydrogen) atoms. The third-order valence-electron chi connectivity index (χ3n) is 3.41. The predicted molar refractivity (Wildman–Crippen MR) is 97.3 cm³/mol. The zero-order valence-electron chi connectivity index (χ0n) is 13.7. The Balaban J connectivity index is 2.52. The van der Waals surface area contributed by atoms with E-state index >= 15 is 0 Å². The summed E-state index contributed by atoms with van der Waals surface area (Å²) in [5.41, 5.74) is 0. The van der Waals surface area contributed by atoms with Gasteiger partial charge >= 0.3 is 142 Å². The van der Waals surface area contributed by atoms with Crippen LogP contribution in [0.1, 0.15) is 65.2 Å². The van der Waals surface area contributed by atoms with Crippen molar-refractivity contribution in [2.45, 2.75) is 65.2 Å². The molecule has 1 aromatic carbocycles. The summed E-state index contributed by atoms with van der Waals surface area (Å²) in [6.45, 7) is 4.54. The van der Waals surface area contributed by atoms with E-state index in [0.717, 1.165) is 0 Å². The van der Waals surface area contributed by atoms with E-state index in [9.17, 15) is 0 Å². The quantitative estimate of drug-likeness (QED) is 0.258. The van der Waals surface area contributed by atoms with Crippen LogP contribution >= 0.6 is 0 Å². The SMILES string of the molecule is CCCC/C=C/C=C(\CCCCCC)[Te]c1ccccc1. The molecule has 0 atom stereocenters. The Hall–Kier alpha value is -0.510. The van der Waals surface area contributed by atoms with E-state index < -0.39 is 0 Å². The molecule has 0 aliphatic heterocycles. The van der Waals surface area contributed by atoms with E-state index in [-0.39, 0.29) is 20.9 Å². The molecule has 0 saturated carbocycles. The van der Waals surface area contributed by atoms with Crippen LogP contribution in [0.25, 0.3) is 0 Å². The minimum absolute atomic E-state index is 0.174. The van der Waals surface area contributed by atoms with Crippen molar-refractivity contribution < 1.29 is 0 Å². The van der Waals surface area contributed by atoms with Crippen molar-refractivity contribution in [3.63, 3.8) is 0 Å². The van der Waals surface area contributed by atoms with Crippen LogP contribution in [-0.2, 0) is 0 Å². The molecule has 0 saturated heterocycles. The van der Waals surface area contributed by atoms with E-state index in [2.05, 4.69) is 62.4 Å². The zero-order valence-corrected chi connectivity index (χ0v) is 16.0. The van der Waals surface area contributed by atoms with Gasteiger partial charge in [0.2, 0.25) is 0 Å². The van der Waals surface area contributed by atoms with Crippen LogP contribution in [0.5, 0.6) is 0 Å². The second-order valence-electron chi connectivity index (χ2n) is 5.43. The van der Waals surface area contributed by atoms with Gasteiger partial charge < -0.3 is 0 Å². The van der Waals surface area contributed by atoms with Gasteiger partial charge in [0.25, 0.3) is 0 Å². The Morgan fingerprint density at radius 2 is 1.71 bits per heavy atom. The molecular weight excluding hydrogens is 368 g/mol. The van der Waals surface area contributed by atoms with Crippen molar-refractivity contribution in [3.8, 4) is 0 Å². The second kappa shape index (κ2) is 13.2. The molecule has 0 unspecified atom stereocenters. The van der Waals surface area contributed by atoms with E-state index in [1.807, 2.05) is 0 Å². The van der Waals surface area contributed by atoms with Crippen molar-refractivity contribution in [3.05, 3.63) is 52.2 Å². The fourth-order valence-electron chi connectivity index (χ4n) is 2.13. The number of benzene rings is 1. The van der Waals surface area contributed by atoms with Crippen LogP contribution in [0.4, 0.5) is 0 Å². The Morgan fingerprint density at radius 3 is 2.43 bits per heavy atom. The molecule has 0 aromatic heterocycles. The molecule has 1 heteroatoms. The maximum atomic E-state index is 2.41. The fraction of sp³-hybridized carbons (Fsp3) is 0.500. The molecule has 0 spiro atoms. The summed E-state index contributed by atoms with van der Waals surface area (Å²) in [5, 5.41) is 0. The zero-order chi connectivity index (χ0) is 15.2. The van der Waals surface area contributed by atoms with Gasteiger partial charge in [-0.3, -0.25) is 0 Å². The maximum absolute atomic E-state index is 2.41. The first-order chi connectivity index (χ1) is 10.4. The van der Waals surface area contributed by atoms with Crippen LogP contribution in [0.15, 0.2) is 52.2 Å². The topological polar surface area (TPSA) is 0 Å². The standard InChI is InChI=1S/C20H30Te/c1-3-5-7-9-12-16-19(15-11-8-6-4-2)21-20-17-13-10-14-18-20/h9-10,12-14,16-18H,3-8,11,15H2,1-2H3/b12-9+,19-16+. The number of unbranched alkanes of at least 4 members (excludes halogenated alkanes) is 5. The van der Waals surface area contributed by atoms with Gasteiger partial charge in [0.15, 0.2) is 0 Å². The molecule has 0 amide bonds. The van der Waals surface area contributed by atoms with E-state index in [1.54, 1.807) is 7.23 Å². The monoisotopic (exact) mass is 400 g/mol. The molecule has 1 aromatic rings. The third kappa shape index (κ3) is 9.94. The van der Waals surface area contributed by atoms with Crippen molar-refractivity contribution >= 4 is 24.5 Å². The molecular formula is C20H30Te. The van der Waals surface area contributed by atoms with Gasteiger partial charge in [-0.05, 0) is 0 Å². The average Bonchev–Trinajstić information content (AvgIpc) is 2.52. The number of rotatable bonds is 11. The molecule has 0 heterocycles. The van der Waals surface area contributed by atoms with E-state index in [4.69, 9.17) is 0 Å². The summed E-state index contributed by atoms with van der Waals surface area (Å²) in [4.78, 5) is 0. The normalized spacial score (nSPS) is 12.2. The molecule has 0 fully saturated rings. The molecule has 0 nitrogen and oxygen atoms in total. The van der Waals surface area contributed by atoms with E-state index in [1.165, 1.54) is 51.4 Å². The van der Waals surface area contributed by atoms with Gasteiger partial charge in [-0.1, -0.05) is 0 Å². The van der Waals surface area contributed by atoms with Gasteiger partial charge in [0.05, 0.1) is 0 Å². The Bertz CT molecular complexity index is 403. The molecule has 0 aliphatic carbocycles. The van der Waals surface area contributed by atoms with Crippen LogP contribution in [-0.4, -0.2) is 20.9 Å². The summed E-state index contributed by atoms with van der Waals surface area (Å²) in [7, 11) is 0. The Labute approximate surface area is 141 Å². The molecule has 1 rings (SSSR count). The average molecular weight is 398 g/mol. The number of allylic oxidation sites excluding steroid dienone is 4. The first-order valence-electron chi connectivity index (χ1n) is 8.45. The fourth-order valence-corrected chi connectivity index (χ4v) is 4.95. The van der Waals surface area contributed by atoms with Gasteiger partial charge in [-0.15, -0.1) is 0 Å². The molecule has 116 valence electrons. The van der Waals surface area contributed by atoms with Crippen molar-refractivity contribution in [2.75, 3.05) is 0 Å². The van der Waals surface area contributed by atoms with Gasteiger partial charge in [0.1, 0.15) is 0 Å². The molecule has 0 radical (unpaired) electrons. The van der Waals surface area contributed by atoms with Gasteiger partial charge in [-0.2, -0.15) is 0 Å². The van der Waals surface area contributed by atoms with Crippen molar-refractivity contribution in [2.24, 2.45) is 0 Å². The van der Waals surface area contributed by atoms with E-state index in [0.29, 0.717) is 0 Å². The minimum atomic E-state index is -0.174. The predicted octanol–water partition coefficient (Wildman–Crippen LogP) is 5.62. The van der Waals surface area contributed by atoms with Gasteiger partial charge in [0, 0.05) is 0 Å². The van der Waals surface area contributed by atoms with Crippen molar-refractivity contribution in [1.82, 2.24) is 0 Å². The summed E-state index contributed by atoms with van der Waals surface area (Å²) >= 11 is -0.174. The Kier molecular flexibility index (Phi) is 11.6. The Morgan fingerprint density at radius 1 is 0.952 bits per heavy atom. The van der Waals surface area contributed by atoms with Crippen LogP contribution in [0.2, 0.25) is 0 Å². The molecule has 0 aliphatic rings. The first-order valence-corrected chi connectivity index (χ1v) is 10.8. The molecule has 0 bridgehead atoms.